The molecule has 39 heavy (non-hydrogen) atoms. The van der Waals surface area contributed by atoms with Crippen LogP contribution in [-0.4, -0.2) is 71.7 Å². The Hall–Kier alpha value is -4.06. The summed E-state index contributed by atoms with van der Waals surface area (Å²) >= 11 is 6.41. The summed E-state index contributed by atoms with van der Waals surface area (Å²) in [5.74, 6) is 0.533. The molecular formula is C26H30Cl2N8O3. The van der Waals surface area contributed by atoms with Gasteiger partial charge in [-0.05, 0) is 38.4 Å². The van der Waals surface area contributed by atoms with Gasteiger partial charge in [-0.15, -0.1) is 12.4 Å². The third-order valence-electron chi connectivity index (χ3n) is 5.83. The van der Waals surface area contributed by atoms with E-state index in [4.69, 9.17) is 16.3 Å². The summed E-state index contributed by atoms with van der Waals surface area (Å²) in [5.41, 5.74) is 2.70. The number of hydrogen-bond donors (Lipinski definition) is 3. The molecule has 0 radical (unpaired) electrons. The van der Waals surface area contributed by atoms with Gasteiger partial charge < -0.3 is 30.2 Å². The number of carbonyl (C=O) groups is 1. The van der Waals surface area contributed by atoms with Gasteiger partial charge in [0.25, 0.3) is 0 Å². The molecule has 4 aromatic rings. The van der Waals surface area contributed by atoms with Crippen molar-refractivity contribution in [2.24, 2.45) is 0 Å². The normalized spacial score (nSPS) is 10.7. The summed E-state index contributed by atoms with van der Waals surface area (Å²) in [6.45, 7) is 5.07. The molecule has 2 heterocycles. The lowest BCUT2D eigenvalue weighted by Crippen LogP contribution is -2.29. The van der Waals surface area contributed by atoms with Crippen LogP contribution in [0.1, 0.15) is 0 Å². The third kappa shape index (κ3) is 6.51. The number of imidazole rings is 1. The second kappa shape index (κ2) is 12.7. The van der Waals surface area contributed by atoms with Crippen molar-refractivity contribution >= 4 is 64.0 Å². The lowest BCUT2D eigenvalue weighted by Gasteiger charge is -2.26. The first-order chi connectivity index (χ1) is 18.2. The molecule has 0 bridgehead atoms. The maximum atomic E-state index is 12.7. The molecule has 0 unspecified atom stereocenters. The van der Waals surface area contributed by atoms with Gasteiger partial charge in [0.2, 0.25) is 11.9 Å². The van der Waals surface area contributed by atoms with Crippen LogP contribution in [0.4, 0.5) is 23.0 Å². The van der Waals surface area contributed by atoms with Gasteiger partial charge in [-0.25, -0.2) is 14.3 Å². The van der Waals surface area contributed by atoms with Gasteiger partial charge in [-0.1, -0.05) is 30.3 Å². The van der Waals surface area contributed by atoms with Crippen LogP contribution in [0.5, 0.6) is 5.75 Å². The van der Waals surface area contributed by atoms with Crippen LogP contribution >= 0.6 is 24.0 Å². The van der Waals surface area contributed by atoms with E-state index in [2.05, 4.69) is 37.1 Å². The van der Waals surface area contributed by atoms with Crippen molar-refractivity contribution in [1.82, 2.24) is 24.4 Å². The van der Waals surface area contributed by atoms with Gasteiger partial charge in [0.05, 0.1) is 41.4 Å². The van der Waals surface area contributed by atoms with Crippen molar-refractivity contribution < 1.29 is 9.53 Å². The van der Waals surface area contributed by atoms with Crippen LogP contribution in [0, 0.1) is 0 Å². The first-order valence-electron chi connectivity index (χ1n) is 11.7. The van der Waals surface area contributed by atoms with E-state index in [1.54, 1.807) is 25.3 Å². The highest BCUT2D eigenvalue weighted by Gasteiger charge is 2.18. The van der Waals surface area contributed by atoms with E-state index in [1.807, 2.05) is 44.2 Å². The van der Waals surface area contributed by atoms with Gasteiger partial charge in [0.15, 0.2) is 5.82 Å². The Balaban J connectivity index is 0.00000420. The first kappa shape index (κ1) is 29.5. The second-order valence-corrected chi connectivity index (χ2v) is 9.17. The molecule has 0 aliphatic heterocycles. The topological polar surface area (TPSA) is 120 Å². The fourth-order valence-corrected chi connectivity index (χ4v) is 4.04. The Morgan fingerprint density at radius 3 is 2.64 bits per heavy atom. The molecule has 11 nitrogen and oxygen atoms in total. The zero-order valence-corrected chi connectivity index (χ0v) is 23.6. The summed E-state index contributed by atoms with van der Waals surface area (Å²) in [7, 11) is 7.47. The van der Waals surface area contributed by atoms with E-state index in [9.17, 15) is 9.59 Å². The smallest absolute Gasteiger partial charge is 0.332 e. The van der Waals surface area contributed by atoms with Crippen LogP contribution in [0.3, 0.4) is 0 Å². The lowest BCUT2D eigenvalue weighted by molar-refractivity contribution is -0.111. The number of para-hydroxylation sites is 2. The number of ether oxygens (including phenoxy) is 1. The highest BCUT2D eigenvalue weighted by Crippen LogP contribution is 2.38. The highest BCUT2D eigenvalue weighted by molar-refractivity contribution is 6.32. The molecule has 0 atom stereocenters. The molecule has 3 N–H and O–H groups in total. The number of halogens is 2. The number of H-pyrrole nitrogens is 1. The van der Waals surface area contributed by atoms with Gasteiger partial charge in [0, 0.05) is 26.2 Å². The van der Waals surface area contributed by atoms with Crippen molar-refractivity contribution in [2.45, 2.75) is 0 Å². The predicted octanol–water partition coefficient (Wildman–Crippen LogP) is 4.06. The molecule has 2 aromatic heterocycles. The average molecular weight is 573 g/mol. The molecular weight excluding hydrogens is 543 g/mol. The van der Waals surface area contributed by atoms with Gasteiger partial charge in [-0.2, -0.15) is 4.98 Å². The minimum atomic E-state index is -0.380. The zero-order chi connectivity index (χ0) is 27.4. The van der Waals surface area contributed by atoms with Crippen LogP contribution < -0.4 is 26.0 Å². The van der Waals surface area contributed by atoms with Gasteiger partial charge >= 0.3 is 5.69 Å². The molecule has 0 aliphatic carbocycles. The largest absolute Gasteiger partial charge is 0.494 e. The molecule has 0 saturated carbocycles. The monoisotopic (exact) mass is 572 g/mol. The number of nitrogens with zero attached hydrogens (tertiary/aromatic N) is 5. The van der Waals surface area contributed by atoms with E-state index in [1.165, 1.54) is 16.8 Å². The molecule has 0 spiro atoms. The number of methoxy groups -OCH3 is 1. The molecule has 4 rings (SSSR count). The second-order valence-electron chi connectivity index (χ2n) is 8.76. The number of carbonyl (C=O) groups excluding carboxylic acids is 1. The van der Waals surface area contributed by atoms with Crippen LogP contribution in [0.15, 0.2) is 60.0 Å². The van der Waals surface area contributed by atoms with Crippen molar-refractivity contribution in [3.8, 4) is 11.6 Å². The molecule has 0 aliphatic rings. The summed E-state index contributed by atoms with van der Waals surface area (Å²) in [6.07, 6.45) is 2.62. The number of likely N-dealkylation sites (N-methyl/N-ethyl adjacent to an activating group) is 2. The van der Waals surface area contributed by atoms with Crippen molar-refractivity contribution in [3.05, 3.63) is 70.8 Å². The SMILES string of the molecule is C=CC(=O)Nc1cc(Nc2ncc(Cl)c(-n3c(=O)[nH]c4ccccc43)n2)c(OC)cc1N(C)CCN(C)C.Cl. The fourth-order valence-electron chi connectivity index (χ4n) is 3.87. The molecule has 0 saturated heterocycles. The fraction of sp³-hybridized carbons (Fsp3) is 0.231. The van der Waals surface area contributed by atoms with E-state index >= 15 is 0 Å². The Labute approximate surface area is 236 Å². The van der Waals surface area contributed by atoms with E-state index in [0.29, 0.717) is 34.7 Å². The molecule has 13 heteroatoms. The summed E-state index contributed by atoms with van der Waals surface area (Å²) < 4.78 is 7.04. The maximum Gasteiger partial charge on any atom is 0.332 e. The molecule has 2 aromatic carbocycles. The van der Waals surface area contributed by atoms with Crippen LogP contribution in [0.2, 0.25) is 5.02 Å². The number of aromatic amines is 1. The lowest BCUT2D eigenvalue weighted by atomic mass is 10.2. The number of nitrogens with one attached hydrogen (secondary N) is 3. The number of amides is 1. The van der Waals surface area contributed by atoms with E-state index in [-0.39, 0.29) is 40.8 Å². The Morgan fingerprint density at radius 2 is 1.95 bits per heavy atom. The standard InChI is InChI=1S/C26H29ClN8O3.ClH/c1-6-23(36)29-18-13-19(22(38-5)14-21(18)34(4)12-11-33(2)3)30-25-28-15-16(27)24(32-25)35-20-10-8-7-9-17(20)31-26(35)37;/h6-10,13-15H,1,11-12H2,2-5H3,(H,29,36)(H,31,37)(H,28,30,32);1H. The van der Waals surface area contributed by atoms with Crippen molar-refractivity contribution in [2.75, 3.05) is 56.9 Å². The quantitative estimate of drug-likeness (QED) is 0.243. The van der Waals surface area contributed by atoms with Crippen LogP contribution in [0.25, 0.3) is 16.9 Å². The number of rotatable bonds is 10. The highest BCUT2D eigenvalue weighted by atomic mass is 35.5. The summed E-state index contributed by atoms with van der Waals surface area (Å²) in [5, 5.41) is 6.19. The Kier molecular flexibility index (Phi) is 9.57. The average Bonchev–Trinajstić information content (AvgIpc) is 3.23. The molecule has 206 valence electrons. The van der Waals surface area contributed by atoms with E-state index < -0.39 is 0 Å². The summed E-state index contributed by atoms with van der Waals surface area (Å²) in [4.78, 5) is 40.6. The summed E-state index contributed by atoms with van der Waals surface area (Å²) in [6, 6.07) is 10.8. The number of aromatic nitrogens is 4. The van der Waals surface area contributed by atoms with Crippen molar-refractivity contribution in [3.63, 3.8) is 0 Å². The predicted molar refractivity (Wildman–Crippen MR) is 159 cm³/mol. The number of hydrogen-bond acceptors (Lipinski definition) is 8. The minimum absolute atomic E-state index is 0. The first-order valence-corrected chi connectivity index (χ1v) is 12.1. The molecule has 0 fully saturated rings. The zero-order valence-electron chi connectivity index (χ0n) is 22.0. The molecule has 1 amide bonds. The van der Waals surface area contributed by atoms with Crippen LogP contribution in [-0.2, 0) is 4.79 Å². The number of benzene rings is 2. The number of fused-ring (bicyclic) bond motifs is 1. The Morgan fingerprint density at radius 1 is 1.21 bits per heavy atom. The third-order valence-corrected chi connectivity index (χ3v) is 6.10. The number of anilines is 4. The maximum absolute atomic E-state index is 12.7. The van der Waals surface area contributed by atoms with Gasteiger partial charge in [-0.3, -0.25) is 4.79 Å². The minimum Gasteiger partial charge on any atom is -0.494 e. The van der Waals surface area contributed by atoms with E-state index in [0.717, 1.165) is 12.2 Å². The van der Waals surface area contributed by atoms with Crippen molar-refractivity contribution in [1.29, 1.82) is 0 Å². The van der Waals surface area contributed by atoms with Gasteiger partial charge in [0.1, 0.15) is 10.8 Å². The Bertz CT molecular complexity index is 1550.